The van der Waals surface area contributed by atoms with Crippen molar-refractivity contribution in [3.63, 3.8) is 0 Å². The van der Waals surface area contributed by atoms with Gasteiger partial charge in [-0.25, -0.2) is 0 Å². The van der Waals surface area contributed by atoms with E-state index >= 15 is 0 Å². The molecule has 2 aromatic rings. The number of aromatic nitrogens is 2. The molecule has 2 N–H and O–H groups in total. The van der Waals surface area contributed by atoms with Gasteiger partial charge >= 0.3 is 0 Å². The second-order valence-electron chi connectivity index (χ2n) is 3.87. The van der Waals surface area contributed by atoms with Gasteiger partial charge in [0.2, 0.25) is 0 Å². The summed E-state index contributed by atoms with van der Waals surface area (Å²) >= 11 is 5.82. The first-order chi connectivity index (χ1) is 8.69. The Morgan fingerprint density at radius 1 is 1.28 bits per heavy atom. The summed E-state index contributed by atoms with van der Waals surface area (Å²) in [6.45, 7) is 2.02. The molecule has 0 unspecified atom stereocenters. The van der Waals surface area contributed by atoms with Gasteiger partial charge in [-0.2, -0.15) is 0 Å². The molecule has 0 amide bonds. The molecule has 2 rings (SSSR count). The normalized spacial score (nSPS) is 12.2. The van der Waals surface area contributed by atoms with Gasteiger partial charge in [-0.1, -0.05) is 18.5 Å². The van der Waals surface area contributed by atoms with Crippen LogP contribution in [0.25, 0.3) is 0 Å². The molecular weight excluding hydrogens is 250 g/mol. The zero-order valence-corrected chi connectivity index (χ0v) is 10.8. The number of hydrogen-bond acceptors (Lipinski definition) is 4. The smallest absolute Gasteiger partial charge is 0.147 e. The molecule has 0 aliphatic rings. The lowest BCUT2D eigenvalue weighted by atomic mass is 10.1. The fraction of sp³-hybridized carbons (Fsp3) is 0.231. The lowest BCUT2D eigenvalue weighted by Crippen LogP contribution is -2.10. The summed E-state index contributed by atoms with van der Waals surface area (Å²) in [5.41, 5.74) is 6.74. The van der Waals surface area contributed by atoms with E-state index in [1.54, 1.807) is 24.7 Å². The number of nitrogens with two attached hydrogens (primary N) is 1. The Bertz CT molecular complexity index is 516. The third-order valence-electron chi connectivity index (χ3n) is 2.49. The van der Waals surface area contributed by atoms with Crippen LogP contribution in [-0.4, -0.2) is 9.97 Å². The quantitative estimate of drug-likeness (QED) is 0.919. The van der Waals surface area contributed by atoms with Crippen molar-refractivity contribution in [2.45, 2.75) is 19.4 Å². The van der Waals surface area contributed by atoms with Crippen LogP contribution in [0.4, 0.5) is 0 Å². The largest absolute Gasteiger partial charge is 0.454 e. The first-order valence-electron chi connectivity index (χ1n) is 5.69. The van der Waals surface area contributed by atoms with Crippen LogP contribution in [-0.2, 0) is 0 Å². The number of pyridine rings is 2. The molecule has 0 saturated carbocycles. The van der Waals surface area contributed by atoms with E-state index in [0.29, 0.717) is 16.5 Å². The molecule has 2 aromatic heterocycles. The van der Waals surface area contributed by atoms with Gasteiger partial charge in [0.25, 0.3) is 0 Å². The van der Waals surface area contributed by atoms with Crippen molar-refractivity contribution >= 4 is 11.6 Å². The van der Waals surface area contributed by atoms with E-state index in [0.717, 1.165) is 12.1 Å². The summed E-state index contributed by atoms with van der Waals surface area (Å²) in [6, 6.07) is 5.35. The van der Waals surface area contributed by atoms with Crippen molar-refractivity contribution in [3.05, 3.63) is 47.5 Å². The van der Waals surface area contributed by atoms with Crippen molar-refractivity contribution < 1.29 is 4.74 Å². The molecule has 0 aliphatic heterocycles. The molecule has 0 aromatic carbocycles. The highest BCUT2D eigenvalue weighted by atomic mass is 35.5. The molecule has 1 atom stereocenters. The van der Waals surface area contributed by atoms with Gasteiger partial charge < -0.3 is 10.5 Å². The van der Waals surface area contributed by atoms with Crippen LogP contribution in [0.2, 0.25) is 5.02 Å². The monoisotopic (exact) mass is 263 g/mol. The fourth-order valence-corrected chi connectivity index (χ4v) is 1.63. The SMILES string of the molecule is CC[C@H](N)c1ccc(Oc2cncc(Cl)c2)cn1. The summed E-state index contributed by atoms with van der Waals surface area (Å²) in [5, 5.41) is 0.532. The van der Waals surface area contributed by atoms with Crippen molar-refractivity contribution in [3.8, 4) is 11.5 Å². The summed E-state index contributed by atoms with van der Waals surface area (Å²) in [5.74, 6) is 1.21. The molecular formula is C13H14ClN3O. The molecule has 94 valence electrons. The fourth-order valence-electron chi connectivity index (χ4n) is 1.46. The highest BCUT2D eigenvalue weighted by Crippen LogP contribution is 2.23. The Hall–Kier alpha value is -1.65. The standard InChI is InChI=1S/C13H14ClN3O/c1-2-12(15)13-4-3-10(8-17-13)18-11-5-9(14)6-16-7-11/h3-8,12H,2,15H2,1H3/t12-/m0/s1. The maximum absolute atomic E-state index is 5.89. The van der Waals surface area contributed by atoms with E-state index in [1.807, 2.05) is 19.1 Å². The third-order valence-corrected chi connectivity index (χ3v) is 2.70. The van der Waals surface area contributed by atoms with Gasteiger partial charge in [-0.15, -0.1) is 0 Å². The molecule has 0 aliphatic carbocycles. The molecule has 5 heteroatoms. The van der Waals surface area contributed by atoms with Crippen molar-refractivity contribution in [2.75, 3.05) is 0 Å². The van der Waals surface area contributed by atoms with Gasteiger partial charge in [0.1, 0.15) is 11.5 Å². The predicted molar refractivity (Wildman–Crippen MR) is 70.8 cm³/mol. The lowest BCUT2D eigenvalue weighted by molar-refractivity contribution is 0.476. The molecule has 0 fully saturated rings. The number of rotatable bonds is 4. The minimum absolute atomic E-state index is 0.0353. The van der Waals surface area contributed by atoms with E-state index < -0.39 is 0 Å². The average Bonchev–Trinajstić information content (AvgIpc) is 2.39. The highest BCUT2D eigenvalue weighted by molar-refractivity contribution is 6.30. The second-order valence-corrected chi connectivity index (χ2v) is 4.31. The lowest BCUT2D eigenvalue weighted by Gasteiger charge is -2.09. The maximum atomic E-state index is 5.89. The topological polar surface area (TPSA) is 61.0 Å². The molecule has 0 spiro atoms. The van der Waals surface area contributed by atoms with Gasteiger partial charge in [0.15, 0.2) is 0 Å². The van der Waals surface area contributed by atoms with Crippen LogP contribution < -0.4 is 10.5 Å². The average molecular weight is 264 g/mol. The molecule has 0 bridgehead atoms. The first kappa shape index (κ1) is 12.8. The van der Waals surface area contributed by atoms with Gasteiger partial charge in [-0.3, -0.25) is 9.97 Å². The van der Waals surface area contributed by atoms with Crippen LogP contribution in [0, 0.1) is 0 Å². The Morgan fingerprint density at radius 2 is 2.11 bits per heavy atom. The van der Waals surface area contributed by atoms with E-state index in [-0.39, 0.29) is 6.04 Å². The first-order valence-corrected chi connectivity index (χ1v) is 6.06. The van der Waals surface area contributed by atoms with Gasteiger partial charge in [-0.05, 0) is 18.6 Å². The number of nitrogens with zero attached hydrogens (tertiary/aromatic N) is 2. The van der Waals surface area contributed by atoms with Crippen LogP contribution >= 0.6 is 11.6 Å². The molecule has 18 heavy (non-hydrogen) atoms. The van der Waals surface area contributed by atoms with E-state index in [9.17, 15) is 0 Å². The summed E-state index contributed by atoms with van der Waals surface area (Å²) < 4.78 is 5.58. The maximum Gasteiger partial charge on any atom is 0.147 e. The zero-order valence-electron chi connectivity index (χ0n) is 10.0. The summed E-state index contributed by atoms with van der Waals surface area (Å²) in [7, 11) is 0. The van der Waals surface area contributed by atoms with E-state index in [2.05, 4.69) is 9.97 Å². The Balaban J connectivity index is 2.11. The van der Waals surface area contributed by atoms with E-state index in [4.69, 9.17) is 22.1 Å². The minimum Gasteiger partial charge on any atom is -0.454 e. The van der Waals surface area contributed by atoms with Crippen molar-refractivity contribution in [2.24, 2.45) is 5.73 Å². The summed E-state index contributed by atoms with van der Waals surface area (Å²) in [6.07, 6.45) is 5.64. The molecule has 4 nitrogen and oxygen atoms in total. The van der Waals surface area contributed by atoms with Crippen molar-refractivity contribution in [1.82, 2.24) is 9.97 Å². The van der Waals surface area contributed by atoms with Crippen molar-refractivity contribution in [1.29, 1.82) is 0 Å². The number of ether oxygens (including phenoxy) is 1. The van der Waals surface area contributed by atoms with Crippen LogP contribution in [0.1, 0.15) is 25.1 Å². The predicted octanol–water partition coefficient (Wildman–Crippen LogP) is 3.33. The second kappa shape index (κ2) is 5.80. The summed E-state index contributed by atoms with van der Waals surface area (Å²) in [4.78, 5) is 8.21. The molecule has 0 saturated heterocycles. The third kappa shape index (κ3) is 3.18. The molecule has 0 radical (unpaired) electrons. The van der Waals surface area contributed by atoms with Crippen LogP contribution in [0.5, 0.6) is 11.5 Å². The van der Waals surface area contributed by atoms with E-state index in [1.165, 1.54) is 0 Å². The zero-order chi connectivity index (χ0) is 13.0. The minimum atomic E-state index is -0.0353. The van der Waals surface area contributed by atoms with Crippen LogP contribution in [0.15, 0.2) is 36.8 Å². The van der Waals surface area contributed by atoms with Gasteiger partial charge in [0, 0.05) is 18.3 Å². The van der Waals surface area contributed by atoms with Crippen LogP contribution in [0.3, 0.4) is 0 Å². The Kier molecular flexibility index (Phi) is 4.12. The van der Waals surface area contributed by atoms with Gasteiger partial charge in [0.05, 0.1) is 23.1 Å². The Labute approximate surface area is 111 Å². The highest BCUT2D eigenvalue weighted by Gasteiger charge is 2.05. The number of hydrogen-bond donors (Lipinski definition) is 1. The molecule has 2 heterocycles. The Morgan fingerprint density at radius 3 is 2.72 bits per heavy atom. The number of halogens is 1.